The second-order valence-electron chi connectivity index (χ2n) is 5.44. The summed E-state index contributed by atoms with van der Waals surface area (Å²) in [4.78, 5) is 7.09. The number of aliphatic hydroxyl groups is 1. The van der Waals surface area contributed by atoms with Crippen molar-refractivity contribution in [1.82, 2.24) is 9.88 Å². The van der Waals surface area contributed by atoms with Crippen LogP contribution in [-0.4, -0.2) is 33.7 Å². The Morgan fingerprint density at radius 1 is 1.50 bits per heavy atom. The van der Waals surface area contributed by atoms with Gasteiger partial charge in [-0.15, -0.1) is 11.3 Å². The Labute approximate surface area is 114 Å². The maximum absolute atomic E-state index is 9.64. The molecule has 2 rings (SSSR count). The van der Waals surface area contributed by atoms with Crippen LogP contribution in [0.4, 0.5) is 0 Å². The minimum absolute atomic E-state index is 0.200. The fourth-order valence-corrected chi connectivity index (χ4v) is 3.55. The fourth-order valence-electron chi connectivity index (χ4n) is 2.75. The van der Waals surface area contributed by atoms with Crippen LogP contribution >= 0.6 is 11.3 Å². The number of thiazole rings is 1. The van der Waals surface area contributed by atoms with Crippen molar-refractivity contribution in [3.05, 3.63) is 16.1 Å². The fraction of sp³-hybridized carbons (Fsp3) is 0.786. The lowest BCUT2D eigenvalue weighted by Gasteiger charge is -2.30. The molecular weight excluding hydrogens is 244 g/mol. The van der Waals surface area contributed by atoms with Crippen LogP contribution in [0.15, 0.2) is 5.38 Å². The zero-order valence-electron chi connectivity index (χ0n) is 11.4. The lowest BCUT2D eigenvalue weighted by Crippen LogP contribution is -2.36. The van der Waals surface area contributed by atoms with Gasteiger partial charge in [-0.05, 0) is 39.7 Å². The molecule has 18 heavy (non-hydrogen) atoms. The van der Waals surface area contributed by atoms with Crippen LogP contribution in [0.5, 0.6) is 0 Å². The largest absolute Gasteiger partial charge is 0.393 e. The molecule has 0 radical (unpaired) electrons. The molecule has 2 unspecified atom stereocenters. The topological polar surface area (TPSA) is 36.4 Å². The van der Waals surface area contributed by atoms with Crippen LogP contribution in [0.1, 0.15) is 49.7 Å². The van der Waals surface area contributed by atoms with E-state index in [2.05, 4.69) is 22.2 Å². The average Bonchev–Trinajstić information content (AvgIpc) is 2.58. The zero-order valence-corrected chi connectivity index (χ0v) is 12.2. The van der Waals surface area contributed by atoms with E-state index in [1.807, 2.05) is 6.92 Å². The molecule has 1 fully saturated rings. The predicted octanol–water partition coefficient (Wildman–Crippen LogP) is 2.97. The van der Waals surface area contributed by atoms with Gasteiger partial charge in [0.05, 0.1) is 12.6 Å². The highest BCUT2D eigenvalue weighted by molar-refractivity contribution is 7.09. The van der Waals surface area contributed by atoms with Crippen molar-refractivity contribution in [2.45, 2.75) is 64.6 Å². The van der Waals surface area contributed by atoms with Crippen LogP contribution in [0.25, 0.3) is 0 Å². The number of rotatable bonds is 4. The molecule has 1 aliphatic heterocycles. The summed E-state index contributed by atoms with van der Waals surface area (Å²) in [6.07, 6.45) is 5.81. The van der Waals surface area contributed by atoms with Crippen LogP contribution in [-0.2, 0) is 6.54 Å². The van der Waals surface area contributed by atoms with E-state index in [0.29, 0.717) is 6.04 Å². The van der Waals surface area contributed by atoms with E-state index >= 15 is 0 Å². The number of nitrogens with zero attached hydrogens (tertiary/aromatic N) is 2. The first-order valence-electron chi connectivity index (χ1n) is 6.98. The van der Waals surface area contributed by atoms with Gasteiger partial charge in [0, 0.05) is 17.1 Å². The number of aryl methyl sites for hydroxylation is 1. The van der Waals surface area contributed by atoms with Crippen LogP contribution in [0.3, 0.4) is 0 Å². The van der Waals surface area contributed by atoms with E-state index in [0.717, 1.165) is 25.2 Å². The molecule has 0 amide bonds. The summed E-state index contributed by atoms with van der Waals surface area (Å²) >= 11 is 1.76. The monoisotopic (exact) mass is 268 g/mol. The molecule has 3 nitrogen and oxygen atoms in total. The van der Waals surface area contributed by atoms with Gasteiger partial charge in [0.25, 0.3) is 0 Å². The number of hydrogen-bond donors (Lipinski definition) is 1. The zero-order chi connectivity index (χ0) is 13.0. The Morgan fingerprint density at radius 2 is 2.33 bits per heavy atom. The minimum atomic E-state index is -0.200. The lowest BCUT2D eigenvalue weighted by molar-refractivity contribution is 0.108. The second kappa shape index (κ2) is 6.64. The molecule has 1 N–H and O–H groups in total. The summed E-state index contributed by atoms with van der Waals surface area (Å²) in [5, 5.41) is 13.0. The number of hydrogen-bond acceptors (Lipinski definition) is 4. The van der Waals surface area contributed by atoms with Gasteiger partial charge in [-0.25, -0.2) is 4.98 Å². The second-order valence-corrected chi connectivity index (χ2v) is 6.38. The van der Waals surface area contributed by atoms with Gasteiger partial charge in [-0.3, -0.25) is 4.90 Å². The van der Waals surface area contributed by atoms with Gasteiger partial charge in [0.15, 0.2) is 0 Å². The summed E-state index contributed by atoms with van der Waals surface area (Å²) in [5.41, 5.74) is 1.12. The molecule has 1 saturated heterocycles. The average molecular weight is 268 g/mol. The third-order valence-electron chi connectivity index (χ3n) is 3.62. The molecule has 2 atom stereocenters. The van der Waals surface area contributed by atoms with Crippen molar-refractivity contribution in [2.75, 3.05) is 6.54 Å². The molecule has 0 aliphatic carbocycles. The summed E-state index contributed by atoms with van der Waals surface area (Å²) < 4.78 is 0. The first-order valence-corrected chi connectivity index (χ1v) is 7.86. The quantitative estimate of drug-likeness (QED) is 0.912. The molecule has 4 heteroatoms. The third-order valence-corrected chi connectivity index (χ3v) is 4.57. The van der Waals surface area contributed by atoms with E-state index in [9.17, 15) is 5.11 Å². The highest BCUT2D eigenvalue weighted by Crippen LogP contribution is 2.23. The van der Waals surface area contributed by atoms with Crippen LogP contribution in [0, 0.1) is 6.92 Å². The molecule has 0 bridgehead atoms. The standard InChI is InChI=1S/C14H24N2OS/c1-11-10-18-14(15-11)9-16-7-5-3-4-6-13(16)8-12(2)17/h10,12-13,17H,3-9H2,1-2H3. The summed E-state index contributed by atoms with van der Waals surface area (Å²) in [6.45, 7) is 6.05. The van der Waals surface area contributed by atoms with E-state index < -0.39 is 0 Å². The molecule has 0 spiro atoms. The van der Waals surface area contributed by atoms with Crippen LogP contribution in [0.2, 0.25) is 0 Å². The number of likely N-dealkylation sites (tertiary alicyclic amines) is 1. The van der Waals surface area contributed by atoms with Gasteiger partial charge < -0.3 is 5.11 Å². The first kappa shape index (κ1) is 14.0. The SMILES string of the molecule is Cc1csc(CN2CCCCCC2CC(C)O)n1. The van der Waals surface area contributed by atoms with E-state index in [-0.39, 0.29) is 6.10 Å². The van der Waals surface area contributed by atoms with Crippen molar-refractivity contribution in [1.29, 1.82) is 0 Å². The van der Waals surface area contributed by atoms with E-state index in [1.165, 1.54) is 30.7 Å². The molecule has 2 heterocycles. The molecule has 0 saturated carbocycles. The third kappa shape index (κ3) is 4.04. The Bertz CT molecular complexity index is 364. The molecule has 0 aromatic carbocycles. The van der Waals surface area contributed by atoms with Gasteiger partial charge in [-0.2, -0.15) is 0 Å². The maximum Gasteiger partial charge on any atom is 0.107 e. The Morgan fingerprint density at radius 3 is 3.00 bits per heavy atom. The molecule has 1 aliphatic rings. The van der Waals surface area contributed by atoms with Crippen LogP contribution < -0.4 is 0 Å². The van der Waals surface area contributed by atoms with Crippen molar-refractivity contribution in [2.24, 2.45) is 0 Å². The highest BCUT2D eigenvalue weighted by atomic mass is 32.1. The smallest absolute Gasteiger partial charge is 0.107 e. The van der Waals surface area contributed by atoms with Gasteiger partial charge >= 0.3 is 0 Å². The maximum atomic E-state index is 9.64. The summed E-state index contributed by atoms with van der Waals surface area (Å²) in [6, 6.07) is 0.525. The van der Waals surface area contributed by atoms with Gasteiger partial charge in [-0.1, -0.05) is 12.8 Å². The van der Waals surface area contributed by atoms with Gasteiger partial charge in [0.1, 0.15) is 5.01 Å². The molecular formula is C14H24N2OS. The highest BCUT2D eigenvalue weighted by Gasteiger charge is 2.23. The lowest BCUT2D eigenvalue weighted by atomic mass is 10.0. The number of aliphatic hydroxyl groups excluding tert-OH is 1. The number of aromatic nitrogens is 1. The first-order chi connectivity index (χ1) is 8.65. The van der Waals surface area contributed by atoms with E-state index in [4.69, 9.17) is 0 Å². The van der Waals surface area contributed by atoms with Gasteiger partial charge in [0.2, 0.25) is 0 Å². The minimum Gasteiger partial charge on any atom is -0.393 e. The molecule has 1 aromatic rings. The van der Waals surface area contributed by atoms with Crippen molar-refractivity contribution in [3.63, 3.8) is 0 Å². The molecule has 1 aromatic heterocycles. The summed E-state index contributed by atoms with van der Waals surface area (Å²) in [7, 11) is 0. The van der Waals surface area contributed by atoms with Crippen molar-refractivity contribution in [3.8, 4) is 0 Å². The Hall–Kier alpha value is -0.450. The molecule has 102 valence electrons. The van der Waals surface area contributed by atoms with E-state index in [1.54, 1.807) is 11.3 Å². The Balaban J connectivity index is 2.00. The normalized spacial score (nSPS) is 23.8. The summed E-state index contributed by atoms with van der Waals surface area (Å²) in [5.74, 6) is 0. The Kier molecular flexibility index (Phi) is 5.15. The van der Waals surface area contributed by atoms with Crippen molar-refractivity contribution < 1.29 is 5.11 Å². The van der Waals surface area contributed by atoms with Crippen molar-refractivity contribution >= 4 is 11.3 Å². The predicted molar refractivity (Wildman–Crippen MR) is 75.8 cm³/mol.